The van der Waals surface area contributed by atoms with E-state index in [2.05, 4.69) is 10.3 Å². The number of hydrogen-bond donors (Lipinski definition) is 2. The Morgan fingerprint density at radius 2 is 1.88 bits per heavy atom. The van der Waals surface area contributed by atoms with Crippen LogP contribution in [-0.2, 0) is 12.7 Å². The quantitative estimate of drug-likeness (QED) is 0.696. The summed E-state index contributed by atoms with van der Waals surface area (Å²) < 4.78 is 39.9. The maximum Gasteiger partial charge on any atom is 0.416 e. The van der Waals surface area contributed by atoms with Crippen molar-refractivity contribution in [3.63, 3.8) is 0 Å². The number of rotatable bonds is 4. The number of halogens is 3. The van der Waals surface area contributed by atoms with Crippen LogP contribution in [0.3, 0.4) is 0 Å². The maximum absolute atomic E-state index is 12.7. The Morgan fingerprint density at radius 1 is 1.15 bits per heavy atom. The summed E-state index contributed by atoms with van der Waals surface area (Å²) in [4.78, 5) is 16.2. The minimum atomic E-state index is -4.47. The van der Waals surface area contributed by atoms with Gasteiger partial charge >= 0.3 is 6.18 Å². The van der Waals surface area contributed by atoms with Crippen molar-refractivity contribution in [1.29, 1.82) is 0 Å². The summed E-state index contributed by atoms with van der Waals surface area (Å²) in [7, 11) is 0. The number of nitrogen functional groups attached to an aromatic ring is 1. The van der Waals surface area contributed by atoms with Crippen LogP contribution in [0.1, 0.15) is 21.6 Å². The molecule has 0 saturated carbocycles. The molecule has 0 bridgehead atoms. The molecule has 5 nitrogen and oxygen atoms in total. The van der Waals surface area contributed by atoms with Crippen molar-refractivity contribution < 1.29 is 18.0 Å². The SMILES string of the molecule is Nc1ccc(Cn2cnc(C(=O)Nc3cccc(C(F)(F)F)c3)c2)cc1. The maximum atomic E-state index is 12.7. The highest BCUT2D eigenvalue weighted by Crippen LogP contribution is 2.30. The third kappa shape index (κ3) is 4.21. The van der Waals surface area contributed by atoms with Crippen LogP contribution >= 0.6 is 0 Å². The van der Waals surface area contributed by atoms with Crippen LogP contribution in [0.15, 0.2) is 61.1 Å². The van der Waals surface area contributed by atoms with Crippen molar-refractivity contribution in [3.8, 4) is 0 Å². The van der Waals surface area contributed by atoms with Gasteiger partial charge in [-0.2, -0.15) is 13.2 Å². The summed E-state index contributed by atoms with van der Waals surface area (Å²) >= 11 is 0. The predicted octanol–water partition coefficient (Wildman–Crippen LogP) is 3.78. The highest BCUT2D eigenvalue weighted by atomic mass is 19.4. The number of imidazole rings is 1. The van der Waals surface area contributed by atoms with Crippen molar-refractivity contribution in [1.82, 2.24) is 9.55 Å². The molecule has 0 fully saturated rings. The van der Waals surface area contributed by atoms with Crippen LogP contribution in [-0.4, -0.2) is 15.5 Å². The number of amides is 1. The largest absolute Gasteiger partial charge is 0.416 e. The molecule has 26 heavy (non-hydrogen) atoms. The molecule has 0 spiro atoms. The molecule has 1 heterocycles. The average Bonchev–Trinajstić information content (AvgIpc) is 3.05. The molecular formula is C18H15F3N4O. The monoisotopic (exact) mass is 360 g/mol. The van der Waals surface area contributed by atoms with E-state index in [1.54, 1.807) is 16.7 Å². The highest BCUT2D eigenvalue weighted by molar-refractivity contribution is 6.02. The number of carbonyl (C=O) groups excluding carboxylic acids is 1. The molecule has 0 saturated heterocycles. The fraction of sp³-hybridized carbons (Fsp3) is 0.111. The molecule has 0 aliphatic heterocycles. The van der Waals surface area contributed by atoms with Gasteiger partial charge in [0.1, 0.15) is 5.69 Å². The second kappa shape index (κ2) is 6.91. The number of benzene rings is 2. The molecule has 3 aromatic rings. The van der Waals surface area contributed by atoms with Crippen LogP contribution in [0, 0.1) is 0 Å². The van der Waals surface area contributed by atoms with Gasteiger partial charge in [-0.15, -0.1) is 0 Å². The van der Waals surface area contributed by atoms with Crippen LogP contribution in [0.5, 0.6) is 0 Å². The van der Waals surface area contributed by atoms with Gasteiger partial charge in [-0.05, 0) is 35.9 Å². The zero-order valence-electron chi connectivity index (χ0n) is 13.5. The van der Waals surface area contributed by atoms with Crippen molar-refractivity contribution >= 4 is 17.3 Å². The van der Waals surface area contributed by atoms with Gasteiger partial charge in [0.2, 0.25) is 0 Å². The van der Waals surface area contributed by atoms with Crippen molar-refractivity contribution in [2.24, 2.45) is 0 Å². The van der Waals surface area contributed by atoms with E-state index in [0.29, 0.717) is 12.2 Å². The summed E-state index contributed by atoms with van der Waals surface area (Å²) in [6, 6.07) is 11.7. The Labute approximate surface area is 147 Å². The number of anilines is 2. The molecule has 3 rings (SSSR count). The first-order valence-corrected chi connectivity index (χ1v) is 7.66. The van der Waals surface area contributed by atoms with Gasteiger partial charge in [-0.25, -0.2) is 4.98 Å². The van der Waals surface area contributed by atoms with E-state index in [4.69, 9.17) is 5.73 Å². The molecule has 0 atom stereocenters. The van der Waals surface area contributed by atoms with Gasteiger partial charge in [0.25, 0.3) is 5.91 Å². The van der Waals surface area contributed by atoms with E-state index in [9.17, 15) is 18.0 Å². The number of nitrogens with two attached hydrogens (primary N) is 1. The third-order valence-electron chi connectivity index (χ3n) is 3.66. The van der Waals surface area contributed by atoms with Crippen molar-refractivity contribution in [2.75, 3.05) is 11.1 Å². The van der Waals surface area contributed by atoms with E-state index in [1.165, 1.54) is 24.7 Å². The first-order chi connectivity index (χ1) is 12.3. The molecule has 1 aromatic heterocycles. The van der Waals surface area contributed by atoms with Gasteiger partial charge in [-0.1, -0.05) is 18.2 Å². The van der Waals surface area contributed by atoms with Crippen molar-refractivity contribution in [3.05, 3.63) is 77.9 Å². The Kier molecular flexibility index (Phi) is 4.66. The minimum absolute atomic E-state index is 0.0536. The molecule has 8 heteroatoms. The standard InChI is InChI=1S/C18H15F3N4O/c19-18(20,21)13-2-1-3-15(8-13)24-17(26)16-10-25(11-23-16)9-12-4-6-14(22)7-5-12/h1-8,10-11H,9,22H2,(H,24,26). The Bertz CT molecular complexity index is 917. The number of carbonyl (C=O) groups is 1. The number of nitrogens with zero attached hydrogens (tertiary/aromatic N) is 2. The summed E-state index contributed by atoms with van der Waals surface area (Å²) in [5.74, 6) is -0.583. The van der Waals surface area contributed by atoms with E-state index in [-0.39, 0.29) is 11.4 Å². The lowest BCUT2D eigenvalue weighted by atomic mass is 10.2. The van der Waals surface area contributed by atoms with Crippen LogP contribution in [0.2, 0.25) is 0 Å². The fourth-order valence-electron chi connectivity index (χ4n) is 2.37. The second-order valence-electron chi connectivity index (χ2n) is 5.71. The van der Waals surface area contributed by atoms with Gasteiger partial charge < -0.3 is 15.6 Å². The third-order valence-corrected chi connectivity index (χ3v) is 3.66. The fourth-order valence-corrected chi connectivity index (χ4v) is 2.37. The molecule has 1 amide bonds. The van der Waals surface area contributed by atoms with Crippen LogP contribution in [0.4, 0.5) is 24.5 Å². The number of alkyl halides is 3. The Hall–Kier alpha value is -3.29. The molecule has 0 aliphatic rings. The Balaban J connectivity index is 1.69. The smallest absolute Gasteiger partial charge is 0.399 e. The minimum Gasteiger partial charge on any atom is -0.399 e. The molecular weight excluding hydrogens is 345 g/mol. The van der Waals surface area contributed by atoms with E-state index in [0.717, 1.165) is 17.7 Å². The highest BCUT2D eigenvalue weighted by Gasteiger charge is 2.30. The molecule has 0 radical (unpaired) electrons. The predicted molar refractivity (Wildman–Crippen MR) is 91.6 cm³/mol. The lowest BCUT2D eigenvalue weighted by Crippen LogP contribution is -2.13. The van der Waals surface area contributed by atoms with E-state index < -0.39 is 17.6 Å². The molecule has 134 valence electrons. The zero-order valence-corrected chi connectivity index (χ0v) is 13.5. The molecule has 0 unspecified atom stereocenters. The summed E-state index contributed by atoms with van der Waals surface area (Å²) in [6.07, 6.45) is -1.46. The summed E-state index contributed by atoms with van der Waals surface area (Å²) in [5.41, 5.74) is 6.59. The summed E-state index contributed by atoms with van der Waals surface area (Å²) in [6.45, 7) is 0.490. The van der Waals surface area contributed by atoms with E-state index in [1.807, 2.05) is 12.1 Å². The molecule has 0 aliphatic carbocycles. The Morgan fingerprint density at radius 3 is 2.58 bits per heavy atom. The number of hydrogen-bond acceptors (Lipinski definition) is 3. The van der Waals surface area contributed by atoms with Gasteiger partial charge in [0.05, 0.1) is 11.9 Å². The lowest BCUT2D eigenvalue weighted by molar-refractivity contribution is -0.137. The van der Waals surface area contributed by atoms with Crippen LogP contribution < -0.4 is 11.1 Å². The average molecular weight is 360 g/mol. The zero-order chi connectivity index (χ0) is 18.7. The van der Waals surface area contributed by atoms with Crippen LogP contribution in [0.25, 0.3) is 0 Å². The molecule has 2 aromatic carbocycles. The first-order valence-electron chi connectivity index (χ1n) is 7.66. The number of nitrogens with one attached hydrogen (secondary N) is 1. The first kappa shape index (κ1) is 17.5. The normalized spacial score (nSPS) is 11.3. The van der Waals surface area contributed by atoms with Gasteiger partial charge in [0, 0.05) is 24.1 Å². The topological polar surface area (TPSA) is 72.9 Å². The van der Waals surface area contributed by atoms with Crippen molar-refractivity contribution in [2.45, 2.75) is 12.7 Å². The van der Waals surface area contributed by atoms with E-state index >= 15 is 0 Å². The van der Waals surface area contributed by atoms with Gasteiger partial charge in [0.15, 0.2) is 0 Å². The second-order valence-corrected chi connectivity index (χ2v) is 5.71. The number of aromatic nitrogens is 2. The molecule has 3 N–H and O–H groups in total. The van der Waals surface area contributed by atoms with Gasteiger partial charge in [-0.3, -0.25) is 4.79 Å². The summed E-state index contributed by atoms with van der Waals surface area (Å²) in [5, 5.41) is 2.42. The lowest BCUT2D eigenvalue weighted by Gasteiger charge is -2.09.